The van der Waals surface area contributed by atoms with E-state index in [4.69, 9.17) is 23.2 Å². The minimum absolute atomic E-state index is 0.0307. The molecule has 0 bridgehead atoms. The molecular formula is C29H29Cl2F2N3O3S. The maximum atomic E-state index is 14.9. The molecule has 0 aliphatic carbocycles. The first kappa shape index (κ1) is 28.8. The molecule has 6 nitrogen and oxygen atoms in total. The third-order valence-corrected chi connectivity index (χ3v) is 10.1. The van der Waals surface area contributed by atoms with Crippen LogP contribution in [0.15, 0.2) is 65.6 Å². The fourth-order valence-electron chi connectivity index (χ4n) is 5.67. The lowest BCUT2D eigenvalue weighted by atomic mass is 9.80. The number of nitrogens with zero attached hydrogens (tertiary/aromatic N) is 3. The van der Waals surface area contributed by atoms with Gasteiger partial charge in [-0.25, -0.2) is 17.2 Å². The SMILES string of the molecule is Cc1ccc(Cl)cc1N1CCN(C(=O)[C@@H]2CN(S(=O)(=O)c3cccc(Cl)c3)CC[C@@H]2c2ccc(F)cc2F)CC1. The van der Waals surface area contributed by atoms with E-state index in [1.54, 1.807) is 17.0 Å². The van der Waals surface area contributed by atoms with Crippen LogP contribution in [0.5, 0.6) is 0 Å². The van der Waals surface area contributed by atoms with Gasteiger partial charge in [-0.2, -0.15) is 4.31 Å². The van der Waals surface area contributed by atoms with Crippen molar-refractivity contribution in [2.24, 2.45) is 5.92 Å². The fourth-order valence-corrected chi connectivity index (χ4v) is 7.62. The highest BCUT2D eigenvalue weighted by Crippen LogP contribution is 2.38. The van der Waals surface area contributed by atoms with Crippen molar-refractivity contribution in [1.82, 2.24) is 9.21 Å². The minimum Gasteiger partial charge on any atom is -0.368 e. The summed E-state index contributed by atoms with van der Waals surface area (Å²) >= 11 is 12.3. The van der Waals surface area contributed by atoms with Crippen molar-refractivity contribution < 1.29 is 22.0 Å². The van der Waals surface area contributed by atoms with Crippen LogP contribution in [0.3, 0.4) is 0 Å². The molecule has 0 N–H and O–H groups in total. The molecule has 212 valence electrons. The molecule has 2 saturated heterocycles. The fraction of sp³-hybridized carbons (Fsp3) is 0.345. The number of benzene rings is 3. The van der Waals surface area contributed by atoms with Gasteiger partial charge in [-0.3, -0.25) is 4.79 Å². The molecule has 3 aromatic carbocycles. The molecule has 11 heteroatoms. The Labute approximate surface area is 243 Å². The zero-order valence-electron chi connectivity index (χ0n) is 21.9. The molecule has 2 aliphatic heterocycles. The lowest BCUT2D eigenvalue weighted by Crippen LogP contribution is -2.54. The standard InChI is InChI=1S/C29H29Cl2F2N3O3S/c1-19-5-6-21(31)16-28(19)34-11-13-35(14-12-34)29(37)26-18-36(40(38,39)23-4-2-3-20(30)15-23)10-9-24(26)25-8-7-22(32)17-27(25)33/h2-8,15-17,24,26H,9-14,18H2,1H3/t24-,26-/m1/s1. The molecule has 0 radical (unpaired) electrons. The van der Waals surface area contributed by atoms with Crippen molar-refractivity contribution in [3.05, 3.63) is 93.5 Å². The molecule has 2 aliphatic rings. The van der Waals surface area contributed by atoms with Crippen LogP contribution in [0.2, 0.25) is 10.0 Å². The summed E-state index contributed by atoms with van der Waals surface area (Å²) in [6.45, 7) is 3.94. The molecule has 0 saturated carbocycles. The van der Waals surface area contributed by atoms with E-state index in [-0.39, 0.29) is 40.9 Å². The normalized spacial score (nSPS) is 20.5. The van der Waals surface area contributed by atoms with E-state index >= 15 is 0 Å². The first-order valence-electron chi connectivity index (χ1n) is 13.0. The van der Waals surface area contributed by atoms with Crippen LogP contribution in [-0.4, -0.2) is 62.8 Å². The van der Waals surface area contributed by atoms with Gasteiger partial charge in [0.15, 0.2) is 0 Å². The Morgan fingerprint density at radius 3 is 2.33 bits per heavy atom. The number of piperazine rings is 1. The molecule has 2 atom stereocenters. The van der Waals surface area contributed by atoms with Crippen molar-refractivity contribution in [3.63, 3.8) is 0 Å². The molecule has 0 spiro atoms. The summed E-state index contributed by atoms with van der Waals surface area (Å²) in [5, 5.41) is 0.913. The van der Waals surface area contributed by atoms with E-state index in [9.17, 15) is 22.0 Å². The second-order valence-corrected chi connectivity index (χ2v) is 13.0. The summed E-state index contributed by atoms with van der Waals surface area (Å²) in [7, 11) is -3.95. The van der Waals surface area contributed by atoms with Gasteiger partial charge < -0.3 is 9.80 Å². The number of hydrogen-bond donors (Lipinski definition) is 0. The number of carbonyl (C=O) groups is 1. The summed E-state index contributed by atoms with van der Waals surface area (Å²) in [6.07, 6.45) is 0.209. The number of rotatable bonds is 5. The summed E-state index contributed by atoms with van der Waals surface area (Å²) in [6, 6.07) is 15.0. The quantitative estimate of drug-likeness (QED) is 0.372. The molecule has 40 heavy (non-hydrogen) atoms. The predicted octanol–water partition coefficient (Wildman–Crippen LogP) is 5.72. The number of carbonyl (C=O) groups excluding carboxylic acids is 1. The van der Waals surface area contributed by atoms with Crippen molar-refractivity contribution in [2.75, 3.05) is 44.2 Å². The average Bonchev–Trinajstić information content (AvgIpc) is 2.94. The Morgan fingerprint density at radius 2 is 1.62 bits per heavy atom. The lowest BCUT2D eigenvalue weighted by Gasteiger charge is -2.42. The Morgan fingerprint density at radius 1 is 0.900 bits per heavy atom. The van der Waals surface area contributed by atoms with Gasteiger partial charge >= 0.3 is 0 Å². The summed E-state index contributed by atoms with van der Waals surface area (Å²) < 4.78 is 56.9. The number of hydrogen-bond acceptors (Lipinski definition) is 4. The van der Waals surface area contributed by atoms with E-state index in [2.05, 4.69) is 4.90 Å². The van der Waals surface area contributed by atoms with Gasteiger partial charge in [-0.1, -0.05) is 41.4 Å². The third-order valence-electron chi connectivity index (χ3n) is 7.79. The van der Waals surface area contributed by atoms with E-state index in [1.807, 2.05) is 25.1 Å². The van der Waals surface area contributed by atoms with Crippen molar-refractivity contribution in [3.8, 4) is 0 Å². The summed E-state index contributed by atoms with van der Waals surface area (Å²) in [5.74, 6) is -3.15. The third kappa shape index (κ3) is 5.84. The molecule has 2 heterocycles. The molecule has 3 aromatic rings. The monoisotopic (exact) mass is 607 g/mol. The van der Waals surface area contributed by atoms with E-state index in [0.29, 0.717) is 31.2 Å². The maximum Gasteiger partial charge on any atom is 0.243 e. The Balaban J connectivity index is 1.40. The van der Waals surface area contributed by atoms with E-state index in [1.165, 1.54) is 28.6 Å². The Hall–Kier alpha value is -2.72. The van der Waals surface area contributed by atoms with Crippen LogP contribution in [0.25, 0.3) is 0 Å². The largest absolute Gasteiger partial charge is 0.368 e. The molecule has 5 rings (SSSR count). The Kier molecular flexibility index (Phi) is 8.38. The van der Waals surface area contributed by atoms with Crippen molar-refractivity contribution in [2.45, 2.75) is 24.2 Å². The van der Waals surface area contributed by atoms with Gasteiger partial charge in [-0.15, -0.1) is 0 Å². The number of sulfonamides is 1. The van der Waals surface area contributed by atoms with Gasteiger partial charge in [0.25, 0.3) is 0 Å². The second kappa shape index (κ2) is 11.6. The molecule has 0 unspecified atom stereocenters. The number of halogens is 4. The van der Waals surface area contributed by atoms with Crippen molar-refractivity contribution >= 4 is 44.8 Å². The van der Waals surface area contributed by atoms with Crippen LogP contribution in [0.4, 0.5) is 14.5 Å². The minimum atomic E-state index is -3.95. The molecule has 1 amide bonds. The number of amides is 1. The van der Waals surface area contributed by atoms with Gasteiger partial charge in [0.05, 0.1) is 10.8 Å². The van der Waals surface area contributed by atoms with Gasteiger partial charge in [-0.05, 0) is 60.9 Å². The zero-order chi connectivity index (χ0) is 28.6. The highest BCUT2D eigenvalue weighted by atomic mass is 35.5. The highest BCUT2D eigenvalue weighted by molar-refractivity contribution is 7.89. The maximum absolute atomic E-state index is 14.9. The molecular weight excluding hydrogens is 579 g/mol. The van der Waals surface area contributed by atoms with Gasteiger partial charge in [0, 0.05) is 67.0 Å². The van der Waals surface area contributed by atoms with E-state index < -0.39 is 33.5 Å². The summed E-state index contributed by atoms with van der Waals surface area (Å²) in [5.41, 5.74) is 2.29. The Bertz CT molecular complexity index is 1530. The van der Waals surface area contributed by atoms with Crippen LogP contribution in [0.1, 0.15) is 23.5 Å². The second-order valence-electron chi connectivity index (χ2n) is 10.2. The predicted molar refractivity (Wildman–Crippen MR) is 152 cm³/mol. The van der Waals surface area contributed by atoms with Crippen LogP contribution in [0, 0.1) is 24.5 Å². The first-order chi connectivity index (χ1) is 19.0. The van der Waals surface area contributed by atoms with E-state index in [0.717, 1.165) is 17.3 Å². The van der Waals surface area contributed by atoms with Crippen LogP contribution in [-0.2, 0) is 14.8 Å². The first-order valence-corrected chi connectivity index (χ1v) is 15.2. The summed E-state index contributed by atoms with van der Waals surface area (Å²) in [4.78, 5) is 17.9. The average molecular weight is 609 g/mol. The number of piperidine rings is 1. The van der Waals surface area contributed by atoms with Crippen molar-refractivity contribution in [1.29, 1.82) is 0 Å². The number of aryl methyl sites for hydroxylation is 1. The lowest BCUT2D eigenvalue weighted by molar-refractivity contribution is -0.137. The highest BCUT2D eigenvalue weighted by Gasteiger charge is 2.42. The number of anilines is 1. The molecule has 0 aromatic heterocycles. The topological polar surface area (TPSA) is 60.9 Å². The smallest absolute Gasteiger partial charge is 0.243 e. The van der Waals surface area contributed by atoms with Gasteiger partial charge in [0.1, 0.15) is 11.6 Å². The zero-order valence-corrected chi connectivity index (χ0v) is 24.2. The molecule has 2 fully saturated rings. The van der Waals surface area contributed by atoms with Gasteiger partial charge in [0.2, 0.25) is 15.9 Å². The van der Waals surface area contributed by atoms with Crippen LogP contribution >= 0.6 is 23.2 Å². The van der Waals surface area contributed by atoms with Crippen LogP contribution < -0.4 is 4.90 Å².